The Morgan fingerprint density at radius 1 is 0.500 bits per heavy atom. The monoisotopic (exact) mass is 286 g/mol. The van der Waals surface area contributed by atoms with Gasteiger partial charge in [-0.25, -0.2) is 0 Å². The third-order valence-corrected chi connectivity index (χ3v) is 4.33. The first kappa shape index (κ1) is 14.6. The molecule has 0 amide bonds. The molecule has 4 rings (SSSR count). The molecule has 4 aromatic rings. The Bertz CT molecular complexity index is 962. The third kappa shape index (κ3) is 2.16. The molecular formula is C22H22. The van der Waals surface area contributed by atoms with Crippen molar-refractivity contribution in [2.75, 3.05) is 0 Å². The molecule has 0 aliphatic carbocycles. The van der Waals surface area contributed by atoms with Crippen molar-refractivity contribution >= 4 is 32.3 Å². The van der Waals surface area contributed by atoms with Crippen molar-refractivity contribution in [3.63, 3.8) is 0 Å². The van der Waals surface area contributed by atoms with Gasteiger partial charge in [-0.15, -0.1) is 0 Å². The highest BCUT2D eigenvalue weighted by molar-refractivity contribution is 6.18. The second kappa shape index (κ2) is 5.81. The van der Waals surface area contributed by atoms with Crippen LogP contribution in [0.2, 0.25) is 0 Å². The third-order valence-electron chi connectivity index (χ3n) is 4.33. The van der Waals surface area contributed by atoms with Gasteiger partial charge in [0.05, 0.1) is 0 Å². The summed E-state index contributed by atoms with van der Waals surface area (Å²) in [5.41, 5.74) is 2.70. The normalized spacial score (nSPS) is 10.7. The largest absolute Gasteiger partial charge is 0.0683 e. The van der Waals surface area contributed by atoms with E-state index in [9.17, 15) is 0 Å². The predicted octanol–water partition coefficient (Wildman–Crippen LogP) is 6.79. The van der Waals surface area contributed by atoms with Crippen LogP contribution in [-0.4, -0.2) is 0 Å². The van der Waals surface area contributed by atoms with Crippen LogP contribution in [0.1, 0.15) is 25.0 Å². The van der Waals surface area contributed by atoms with Crippen molar-refractivity contribution in [2.45, 2.75) is 27.7 Å². The molecule has 0 nitrogen and oxygen atoms in total. The Hall–Kier alpha value is -2.34. The van der Waals surface area contributed by atoms with Gasteiger partial charge in [0.1, 0.15) is 0 Å². The Kier molecular flexibility index (Phi) is 3.85. The van der Waals surface area contributed by atoms with Crippen LogP contribution in [0.25, 0.3) is 32.3 Å². The van der Waals surface area contributed by atoms with Crippen LogP contribution in [0.5, 0.6) is 0 Å². The van der Waals surface area contributed by atoms with E-state index in [0.29, 0.717) is 0 Å². The highest BCUT2D eigenvalue weighted by Crippen LogP contribution is 2.34. The van der Waals surface area contributed by atoms with Crippen LogP contribution in [0, 0.1) is 13.8 Å². The zero-order chi connectivity index (χ0) is 15.7. The predicted molar refractivity (Wildman–Crippen MR) is 99.8 cm³/mol. The summed E-state index contributed by atoms with van der Waals surface area (Å²) in [5.74, 6) is 0. The van der Waals surface area contributed by atoms with E-state index in [1.807, 2.05) is 13.8 Å². The molecule has 0 heteroatoms. The lowest BCUT2D eigenvalue weighted by atomic mass is 9.93. The van der Waals surface area contributed by atoms with Gasteiger partial charge in [-0.1, -0.05) is 74.5 Å². The van der Waals surface area contributed by atoms with Crippen molar-refractivity contribution in [3.05, 3.63) is 71.8 Å². The number of aryl methyl sites for hydroxylation is 2. The molecule has 0 N–H and O–H groups in total. The molecule has 0 bridgehead atoms. The fourth-order valence-electron chi connectivity index (χ4n) is 3.26. The molecule has 0 aromatic heterocycles. The Morgan fingerprint density at radius 3 is 1.95 bits per heavy atom. The quantitative estimate of drug-likeness (QED) is 0.312. The number of hydrogen-bond acceptors (Lipinski definition) is 0. The first-order valence-electron chi connectivity index (χ1n) is 8.06. The molecule has 0 radical (unpaired) electrons. The van der Waals surface area contributed by atoms with E-state index >= 15 is 0 Å². The molecule has 0 fully saturated rings. The van der Waals surface area contributed by atoms with E-state index in [-0.39, 0.29) is 0 Å². The van der Waals surface area contributed by atoms with E-state index in [2.05, 4.69) is 74.5 Å². The average molecular weight is 286 g/mol. The van der Waals surface area contributed by atoms with Gasteiger partial charge in [-0.05, 0) is 57.3 Å². The second-order valence-corrected chi connectivity index (χ2v) is 5.57. The molecular weight excluding hydrogens is 264 g/mol. The summed E-state index contributed by atoms with van der Waals surface area (Å²) >= 11 is 0. The zero-order valence-corrected chi connectivity index (χ0v) is 13.8. The summed E-state index contributed by atoms with van der Waals surface area (Å²) in [4.78, 5) is 0. The minimum Gasteiger partial charge on any atom is -0.0683 e. The molecule has 0 aliphatic rings. The van der Waals surface area contributed by atoms with E-state index in [0.717, 1.165) is 0 Å². The molecule has 0 saturated heterocycles. The fourth-order valence-corrected chi connectivity index (χ4v) is 3.26. The average Bonchev–Trinajstić information content (AvgIpc) is 2.59. The number of rotatable bonds is 0. The van der Waals surface area contributed by atoms with Crippen molar-refractivity contribution in [2.24, 2.45) is 0 Å². The maximum absolute atomic E-state index is 2.27. The molecule has 22 heavy (non-hydrogen) atoms. The van der Waals surface area contributed by atoms with Crippen molar-refractivity contribution in [1.82, 2.24) is 0 Å². The van der Waals surface area contributed by atoms with Crippen LogP contribution in [0.4, 0.5) is 0 Å². The van der Waals surface area contributed by atoms with Crippen LogP contribution < -0.4 is 0 Å². The lowest BCUT2D eigenvalue weighted by Gasteiger charge is -2.11. The lowest BCUT2D eigenvalue weighted by molar-refractivity contribution is 1.47. The number of fused-ring (bicyclic) bond motifs is 5. The highest BCUT2D eigenvalue weighted by atomic mass is 14.1. The first-order valence-corrected chi connectivity index (χ1v) is 8.06. The smallest absolute Gasteiger partial charge is 0.00732 e. The maximum Gasteiger partial charge on any atom is -0.00732 e. The molecule has 0 unspecified atom stereocenters. The van der Waals surface area contributed by atoms with Gasteiger partial charge in [0.25, 0.3) is 0 Å². The molecule has 0 heterocycles. The molecule has 0 spiro atoms. The van der Waals surface area contributed by atoms with Gasteiger partial charge in [0.15, 0.2) is 0 Å². The summed E-state index contributed by atoms with van der Waals surface area (Å²) in [5, 5.41) is 8.13. The Labute approximate surface area is 132 Å². The van der Waals surface area contributed by atoms with Gasteiger partial charge in [-0.2, -0.15) is 0 Å². The van der Waals surface area contributed by atoms with Crippen molar-refractivity contribution in [1.29, 1.82) is 0 Å². The SMILES string of the molecule is CC.Cc1ccc(C)c2c1ccc1c3ccccc3ccc12. The number of hydrogen-bond donors (Lipinski definition) is 0. The molecule has 0 aliphatic heterocycles. The number of benzene rings is 4. The molecule has 110 valence electrons. The summed E-state index contributed by atoms with van der Waals surface area (Å²) in [6.45, 7) is 8.39. The van der Waals surface area contributed by atoms with Gasteiger partial charge >= 0.3 is 0 Å². The van der Waals surface area contributed by atoms with Gasteiger partial charge in [-0.3, -0.25) is 0 Å². The first-order chi connectivity index (χ1) is 10.8. The van der Waals surface area contributed by atoms with Crippen LogP contribution in [0.15, 0.2) is 60.7 Å². The maximum atomic E-state index is 2.27. The lowest BCUT2D eigenvalue weighted by Crippen LogP contribution is -1.86. The summed E-state index contributed by atoms with van der Waals surface area (Å²) < 4.78 is 0. The van der Waals surface area contributed by atoms with E-state index in [1.54, 1.807) is 0 Å². The summed E-state index contributed by atoms with van der Waals surface area (Å²) in [6.07, 6.45) is 0. The van der Waals surface area contributed by atoms with E-state index in [4.69, 9.17) is 0 Å². The van der Waals surface area contributed by atoms with E-state index in [1.165, 1.54) is 43.4 Å². The Balaban J connectivity index is 0.000000693. The topological polar surface area (TPSA) is 0 Å². The fraction of sp³-hybridized carbons (Fsp3) is 0.182. The minimum absolute atomic E-state index is 1.31. The van der Waals surface area contributed by atoms with Gasteiger partial charge in [0.2, 0.25) is 0 Å². The van der Waals surface area contributed by atoms with Gasteiger partial charge < -0.3 is 0 Å². The van der Waals surface area contributed by atoms with Crippen LogP contribution in [-0.2, 0) is 0 Å². The summed E-state index contributed by atoms with van der Waals surface area (Å²) in [6, 6.07) is 22.1. The minimum atomic E-state index is 1.31. The summed E-state index contributed by atoms with van der Waals surface area (Å²) in [7, 11) is 0. The standard InChI is InChI=1S/C20H16.C2H6/c1-13-7-8-14(2)20-16(13)11-12-18-17-6-4-3-5-15(17)9-10-19(18)20;1-2/h3-12H,1-2H3;1-2H3. The van der Waals surface area contributed by atoms with E-state index < -0.39 is 0 Å². The molecule has 4 aromatic carbocycles. The molecule has 0 saturated carbocycles. The van der Waals surface area contributed by atoms with Crippen molar-refractivity contribution in [3.8, 4) is 0 Å². The van der Waals surface area contributed by atoms with Crippen molar-refractivity contribution < 1.29 is 0 Å². The Morgan fingerprint density at radius 2 is 1.14 bits per heavy atom. The highest BCUT2D eigenvalue weighted by Gasteiger charge is 2.07. The van der Waals surface area contributed by atoms with Gasteiger partial charge in [0, 0.05) is 0 Å². The second-order valence-electron chi connectivity index (χ2n) is 5.57. The zero-order valence-electron chi connectivity index (χ0n) is 13.8. The van der Waals surface area contributed by atoms with Crippen LogP contribution in [0.3, 0.4) is 0 Å². The molecule has 0 atom stereocenters. The van der Waals surface area contributed by atoms with Crippen LogP contribution >= 0.6 is 0 Å².